The molecular formula is C9H5BrN2O. The summed E-state index contributed by atoms with van der Waals surface area (Å²) in [6.07, 6.45) is 3.20. The first-order valence-corrected chi connectivity index (χ1v) is 4.45. The van der Waals surface area contributed by atoms with Crippen LogP contribution in [0.4, 0.5) is 5.69 Å². The fourth-order valence-electron chi connectivity index (χ4n) is 1.22. The summed E-state index contributed by atoms with van der Waals surface area (Å²) in [5.41, 5.74) is 1.57. The van der Waals surface area contributed by atoms with E-state index in [1.807, 2.05) is 18.2 Å². The number of aromatic amines is 1. The first kappa shape index (κ1) is 8.23. The number of H-pyrrole nitrogens is 1. The Morgan fingerprint density at radius 2 is 2.31 bits per heavy atom. The monoisotopic (exact) mass is 236 g/mol. The van der Waals surface area contributed by atoms with Crippen molar-refractivity contribution in [2.24, 2.45) is 4.99 Å². The molecule has 13 heavy (non-hydrogen) atoms. The van der Waals surface area contributed by atoms with Crippen molar-refractivity contribution in [3.8, 4) is 0 Å². The molecule has 1 heterocycles. The highest BCUT2D eigenvalue weighted by Crippen LogP contribution is 2.27. The number of hydrogen-bond acceptors (Lipinski definition) is 2. The van der Waals surface area contributed by atoms with Gasteiger partial charge >= 0.3 is 0 Å². The van der Waals surface area contributed by atoms with Crippen LogP contribution in [-0.2, 0) is 4.79 Å². The van der Waals surface area contributed by atoms with Crippen LogP contribution in [0.5, 0.6) is 0 Å². The third-order valence-corrected chi connectivity index (χ3v) is 2.28. The van der Waals surface area contributed by atoms with Crippen molar-refractivity contribution < 1.29 is 4.79 Å². The van der Waals surface area contributed by atoms with E-state index in [9.17, 15) is 4.79 Å². The number of aliphatic imine (C=N–C) groups is 1. The molecule has 0 unspecified atom stereocenters. The second kappa shape index (κ2) is 3.17. The Morgan fingerprint density at radius 3 is 3.08 bits per heavy atom. The van der Waals surface area contributed by atoms with Crippen molar-refractivity contribution in [1.82, 2.24) is 4.98 Å². The SMILES string of the molecule is O=C=Nc1c[nH]c2cc(Br)ccc12. The first-order chi connectivity index (χ1) is 6.31. The van der Waals surface area contributed by atoms with E-state index >= 15 is 0 Å². The quantitative estimate of drug-likeness (QED) is 0.601. The van der Waals surface area contributed by atoms with Crippen molar-refractivity contribution in [2.75, 3.05) is 0 Å². The van der Waals surface area contributed by atoms with Crippen LogP contribution >= 0.6 is 15.9 Å². The normalized spacial score (nSPS) is 9.92. The van der Waals surface area contributed by atoms with Gasteiger partial charge in [-0.3, -0.25) is 0 Å². The van der Waals surface area contributed by atoms with Crippen LogP contribution in [0.15, 0.2) is 33.9 Å². The minimum atomic E-state index is 0.623. The highest BCUT2D eigenvalue weighted by molar-refractivity contribution is 9.10. The van der Waals surface area contributed by atoms with Gasteiger partial charge < -0.3 is 4.98 Å². The Labute approximate surface area is 82.6 Å². The van der Waals surface area contributed by atoms with E-state index in [4.69, 9.17) is 0 Å². The molecule has 0 radical (unpaired) electrons. The number of aromatic nitrogens is 1. The summed E-state index contributed by atoms with van der Waals surface area (Å²) in [5.74, 6) is 0. The Kier molecular flexibility index (Phi) is 2.00. The summed E-state index contributed by atoms with van der Waals surface area (Å²) in [7, 11) is 0. The van der Waals surface area contributed by atoms with Gasteiger partial charge in [-0.05, 0) is 18.2 Å². The Morgan fingerprint density at radius 1 is 1.46 bits per heavy atom. The molecule has 0 spiro atoms. The molecule has 0 aliphatic rings. The molecule has 0 fully saturated rings. The van der Waals surface area contributed by atoms with Crippen molar-refractivity contribution in [1.29, 1.82) is 0 Å². The molecule has 3 nitrogen and oxygen atoms in total. The van der Waals surface area contributed by atoms with Gasteiger partial charge in [-0.15, -0.1) is 0 Å². The molecule has 0 bridgehead atoms. The lowest BCUT2D eigenvalue weighted by atomic mass is 10.2. The van der Waals surface area contributed by atoms with Crippen LogP contribution in [0.3, 0.4) is 0 Å². The molecule has 0 aliphatic heterocycles. The number of nitrogens with one attached hydrogen (secondary N) is 1. The predicted molar refractivity (Wildman–Crippen MR) is 53.8 cm³/mol. The lowest BCUT2D eigenvalue weighted by Gasteiger charge is -1.90. The Bertz CT molecular complexity index is 497. The number of rotatable bonds is 1. The minimum absolute atomic E-state index is 0.623. The number of carbonyl (C=O) groups excluding carboxylic acids is 1. The number of fused-ring (bicyclic) bond motifs is 1. The summed E-state index contributed by atoms with van der Waals surface area (Å²) in [4.78, 5) is 16.7. The summed E-state index contributed by atoms with van der Waals surface area (Å²) < 4.78 is 0.989. The maximum absolute atomic E-state index is 10.1. The standard InChI is InChI=1S/C9H5BrN2O/c10-6-1-2-7-8(3-6)11-4-9(7)12-5-13/h1-4,11H. The van der Waals surface area contributed by atoms with Crippen molar-refractivity contribution >= 4 is 38.6 Å². The average Bonchev–Trinajstić information content (AvgIpc) is 2.49. The van der Waals surface area contributed by atoms with E-state index in [0.29, 0.717) is 5.69 Å². The molecular weight excluding hydrogens is 232 g/mol. The maximum Gasteiger partial charge on any atom is 0.240 e. The van der Waals surface area contributed by atoms with Gasteiger partial charge in [0.2, 0.25) is 6.08 Å². The van der Waals surface area contributed by atoms with Crippen molar-refractivity contribution in [3.05, 3.63) is 28.9 Å². The fourth-order valence-corrected chi connectivity index (χ4v) is 1.59. The van der Waals surface area contributed by atoms with Gasteiger partial charge in [0.1, 0.15) is 5.69 Å². The van der Waals surface area contributed by atoms with Crippen LogP contribution in [0.2, 0.25) is 0 Å². The van der Waals surface area contributed by atoms with E-state index in [1.165, 1.54) is 6.08 Å². The van der Waals surface area contributed by atoms with Crippen molar-refractivity contribution in [2.45, 2.75) is 0 Å². The van der Waals surface area contributed by atoms with E-state index in [0.717, 1.165) is 15.4 Å². The fraction of sp³-hybridized carbons (Fsp3) is 0. The lowest BCUT2D eigenvalue weighted by Crippen LogP contribution is -1.67. The summed E-state index contributed by atoms with van der Waals surface area (Å²) >= 11 is 3.35. The Hall–Kier alpha value is -1.38. The molecule has 0 atom stereocenters. The van der Waals surface area contributed by atoms with Gasteiger partial charge in [-0.25, -0.2) is 4.79 Å². The number of benzene rings is 1. The van der Waals surface area contributed by atoms with E-state index in [-0.39, 0.29) is 0 Å². The molecule has 0 saturated heterocycles. The topological polar surface area (TPSA) is 45.2 Å². The van der Waals surface area contributed by atoms with Gasteiger partial charge in [-0.2, -0.15) is 4.99 Å². The average molecular weight is 237 g/mol. The van der Waals surface area contributed by atoms with E-state index in [1.54, 1.807) is 6.20 Å². The van der Waals surface area contributed by atoms with Crippen LogP contribution in [0.1, 0.15) is 0 Å². The molecule has 0 amide bonds. The predicted octanol–water partition coefficient (Wildman–Crippen LogP) is 2.90. The molecule has 1 aromatic carbocycles. The summed E-state index contributed by atoms with van der Waals surface area (Å²) in [6.45, 7) is 0. The van der Waals surface area contributed by atoms with Crippen molar-refractivity contribution in [3.63, 3.8) is 0 Å². The molecule has 2 rings (SSSR count). The largest absolute Gasteiger partial charge is 0.359 e. The smallest absolute Gasteiger partial charge is 0.240 e. The molecule has 0 aliphatic carbocycles. The van der Waals surface area contributed by atoms with Crippen LogP contribution in [0.25, 0.3) is 10.9 Å². The Balaban J connectivity index is 2.75. The number of isocyanates is 1. The van der Waals surface area contributed by atoms with Gasteiger partial charge in [0.05, 0.1) is 0 Å². The number of nitrogens with zero attached hydrogens (tertiary/aromatic N) is 1. The summed E-state index contributed by atoms with van der Waals surface area (Å²) in [5, 5.41) is 0.923. The van der Waals surface area contributed by atoms with Gasteiger partial charge in [-0.1, -0.05) is 15.9 Å². The lowest BCUT2D eigenvalue weighted by molar-refractivity contribution is 0.565. The zero-order valence-corrected chi connectivity index (χ0v) is 8.13. The van der Waals surface area contributed by atoms with Gasteiger partial charge in [0.15, 0.2) is 0 Å². The second-order valence-electron chi connectivity index (χ2n) is 2.57. The van der Waals surface area contributed by atoms with Gasteiger partial charge in [0, 0.05) is 21.6 Å². The van der Waals surface area contributed by atoms with Crippen LogP contribution in [0, 0.1) is 0 Å². The zero-order chi connectivity index (χ0) is 9.26. The van der Waals surface area contributed by atoms with Crippen LogP contribution in [-0.4, -0.2) is 11.1 Å². The zero-order valence-electron chi connectivity index (χ0n) is 6.54. The van der Waals surface area contributed by atoms with E-state index < -0.39 is 0 Å². The van der Waals surface area contributed by atoms with Gasteiger partial charge in [0.25, 0.3) is 0 Å². The van der Waals surface area contributed by atoms with E-state index in [2.05, 4.69) is 25.9 Å². The summed E-state index contributed by atoms with van der Waals surface area (Å²) in [6, 6.07) is 5.73. The second-order valence-corrected chi connectivity index (χ2v) is 3.48. The highest BCUT2D eigenvalue weighted by atomic mass is 79.9. The third kappa shape index (κ3) is 1.41. The molecule has 64 valence electrons. The molecule has 4 heteroatoms. The first-order valence-electron chi connectivity index (χ1n) is 3.66. The molecule has 2 aromatic rings. The number of halogens is 1. The molecule has 1 aromatic heterocycles. The molecule has 1 N–H and O–H groups in total. The third-order valence-electron chi connectivity index (χ3n) is 1.79. The maximum atomic E-state index is 10.1. The molecule has 0 saturated carbocycles. The minimum Gasteiger partial charge on any atom is -0.359 e. The highest BCUT2D eigenvalue weighted by Gasteiger charge is 2.01. The number of hydrogen-bond donors (Lipinski definition) is 1. The van der Waals surface area contributed by atoms with Crippen LogP contribution < -0.4 is 0 Å².